The van der Waals surface area contributed by atoms with Crippen molar-refractivity contribution < 1.29 is 18.6 Å². The van der Waals surface area contributed by atoms with Gasteiger partial charge in [-0.15, -0.1) is 5.10 Å². The minimum absolute atomic E-state index is 0.409. The Labute approximate surface area is 172 Å². The summed E-state index contributed by atoms with van der Waals surface area (Å²) < 4.78 is 24.4. The Kier molecular flexibility index (Phi) is 5.59. The highest BCUT2D eigenvalue weighted by atomic mass is 32.1. The first kappa shape index (κ1) is 19.5. The lowest BCUT2D eigenvalue weighted by molar-refractivity contribution is 0.252. The Bertz CT molecular complexity index is 1090. The van der Waals surface area contributed by atoms with E-state index in [1.165, 1.54) is 11.3 Å². The third-order valence-corrected chi connectivity index (χ3v) is 5.57. The largest absolute Gasteiger partial charge is 0.496 e. The molecule has 3 aromatic heterocycles. The van der Waals surface area contributed by atoms with E-state index in [4.69, 9.17) is 24.4 Å². The molecule has 0 spiro atoms. The average molecular weight is 417 g/mol. The van der Waals surface area contributed by atoms with Gasteiger partial charge in [-0.05, 0) is 42.7 Å². The molecule has 0 aliphatic heterocycles. The molecule has 1 aromatic carbocycles. The second-order valence-electron chi connectivity index (χ2n) is 6.92. The maximum Gasteiger partial charge on any atom is 0.294 e. The van der Waals surface area contributed by atoms with Crippen molar-refractivity contribution in [1.82, 2.24) is 14.6 Å². The monoisotopic (exact) mass is 416 g/mol. The number of nitrogens with zero attached hydrogens (tertiary/aromatic N) is 3. The van der Waals surface area contributed by atoms with Crippen LogP contribution in [0.15, 0.2) is 28.8 Å². The van der Waals surface area contributed by atoms with Crippen molar-refractivity contribution in [3.05, 3.63) is 24.4 Å². The molecule has 0 fully saturated rings. The van der Waals surface area contributed by atoms with Crippen LogP contribution in [-0.2, 0) is 0 Å². The van der Waals surface area contributed by atoms with Crippen molar-refractivity contribution in [3.63, 3.8) is 0 Å². The summed E-state index contributed by atoms with van der Waals surface area (Å²) in [5.74, 6) is 2.47. The highest BCUT2D eigenvalue weighted by Gasteiger charge is 2.17. The van der Waals surface area contributed by atoms with Gasteiger partial charge >= 0.3 is 0 Å². The zero-order valence-corrected chi connectivity index (χ0v) is 17.5. The molecule has 0 aliphatic carbocycles. The van der Waals surface area contributed by atoms with Crippen LogP contribution in [0.3, 0.4) is 0 Å². The number of fused-ring (bicyclic) bond motifs is 2. The van der Waals surface area contributed by atoms with E-state index in [-0.39, 0.29) is 0 Å². The van der Waals surface area contributed by atoms with Crippen LogP contribution in [-0.4, -0.2) is 42.0 Å². The summed E-state index contributed by atoms with van der Waals surface area (Å²) in [6.45, 7) is 3.46. The summed E-state index contributed by atoms with van der Waals surface area (Å²) in [7, 11) is 3.21. The van der Waals surface area contributed by atoms with Gasteiger partial charge in [0.2, 0.25) is 4.96 Å². The molecule has 0 saturated carbocycles. The van der Waals surface area contributed by atoms with Crippen LogP contribution in [0.2, 0.25) is 0 Å². The molecule has 0 saturated heterocycles. The maximum atomic E-state index is 6.11. The number of benzene rings is 1. The Morgan fingerprint density at radius 1 is 1.24 bits per heavy atom. The van der Waals surface area contributed by atoms with Gasteiger partial charge in [0.05, 0.1) is 32.4 Å². The van der Waals surface area contributed by atoms with Crippen molar-refractivity contribution in [2.24, 2.45) is 11.7 Å². The third kappa shape index (κ3) is 4.01. The summed E-state index contributed by atoms with van der Waals surface area (Å²) >= 11 is 1.37. The predicted molar refractivity (Wildman–Crippen MR) is 112 cm³/mol. The van der Waals surface area contributed by atoms with E-state index in [1.807, 2.05) is 24.4 Å². The maximum absolute atomic E-state index is 6.11. The first-order valence-corrected chi connectivity index (χ1v) is 10.3. The molecule has 1 atom stereocenters. The Morgan fingerprint density at radius 2 is 2.10 bits per heavy atom. The van der Waals surface area contributed by atoms with Gasteiger partial charge in [-0.2, -0.15) is 0 Å². The number of hydrogen-bond acceptors (Lipinski definition) is 8. The van der Waals surface area contributed by atoms with Crippen LogP contribution in [0, 0.1) is 5.92 Å². The lowest BCUT2D eigenvalue weighted by Crippen LogP contribution is -2.11. The quantitative estimate of drug-likeness (QED) is 0.441. The summed E-state index contributed by atoms with van der Waals surface area (Å²) in [6.07, 6.45) is 3.84. The minimum atomic E-state index is 0.409. The number of methoxy groups -OCH3 is 2. The second-order valence-corrected chi connectivity index (χ2v) is 7.84. The highest BCUT2D eigenvalue weighted by Crippen LogP contribution is 2.37. The SMILES string of the molecule is COc1cc(OC[C@@H](C)CCCN)c2cc(-c3cn4nc(OC)sc4n3)oc2c1. The smallest absolute Gasteiger partial charge is 0.294 e. The van der Waals surface area contributed by atoms with Crippen LogP contribution in [0.5, 0.6) is 16.7 Å². The van der Waals surface area contributed by atoms with Crippen molar-refractivity contribution in [2.45, 2.75) is 19.8 Å². The molecule has 0 bridgehead atoms. The van der Waals surface area contributed by atoms with E-state index in [1.54, 1.807) is 18.7 Å². The Balaban J connectivity index is 1.65. The molecule has 0 amide bonds. The lowest BCUT2D eigenvalue weighted by atomic mass is 10.1. The van der Waals surface area contributed by atoms with Crippen LogP contribution < -0.4 is 19.9 Å². The average Bonchev–Trinajstić information content (AvgIpc) is 3.42. The standard InChI is InChI=1S/C20H24N4O4S/c1-12(5-4-6-21)11-27-16-7-13(25-2)8-17-14(16)9-18(28-17)15-10-24-19(22-15)29-20(23-24)26-3/h7-10,12H,4-6,11,21H2,1-3H3/t12-/m0/s1. The summed E-state index contributed by atoms with van der Waals surface area (Å²) in [4.78, 5) is 5.32. The predicted octanol–water partition coefficient (Wildman–Crippen LogP) is 3.98. The van der Waals surface area contributed by atoms with Crippen molar-refractivity contribution in [1.29, 1.82) is 0 Å². The topological polar surface area (TPSA) is 97.0 Å². The second kappa shape index (κ2) is 8.30. The summed E-state index contributed by atoms with van der Waals surface area (Å²) in [6, 6.07) is 5.68. The van der Waals surface area contributed by atoms with Crippen LogP contribution in [0.4, 0.5) is 0 Å². The molecule has 9 heteroatoms. The number of imidazole rings is 1. The number of nitrogens with two attached hydrogens (primary N) is 1. The van der Waals surface area contributed by atoms with E-state index < -0.39 is 0 Å². The van der Waals surface area contributed by atoms with Gasteiger partial charge in [-0.1, -0.05) is 6.92 Å². The van der Waals surface area contributed by atoms with E-state index in [2.05, 4.69) is 17.0 Å². The summed E-state index contributed by atoms with van der Waals surface area (Å²) in [5, 5.41) is 5.75. The van der Waals surface area contributed by atoms with Gasteiger partial charge in [-0.3, -0.25) is 0 Å². The van der Waals surface area contributed by atoms with E-state index in [0.29, 0.717) is 47.0 Å². The first-order valence-electron chi connectivity index (χ1n) is 9.46. The lowest BCUT2D eigenvalue weighted by Gasteiger charge is -2.13. The third-order valence-electron chi connectivity index (χ3n) is 4.68. The van der Waals surface area contributed by atoms with Gasteiger partial charge in [0.25, 0.3) is 5.19 Å². The Hall–Kier alpha value is -2.78. The molecule has 29 heavy (non-hydrogen) atoms. The van der Waals surface area contributed by atoms with Gasteiger partial charge < -0.3 is 24.4 Å². The fourth-order valence-electron chi connectivity index (χ4n) is 3.11. The molecular weight excluding hydrogens is 392 g/mol. The molecule has 3 heterocycles. The molecule has 4 aromatic rings. The van der Waals surface area contributed by atoms with E-state index >= 15 is 0 Å². The van der Waals surface area contributed by atoms with Gasteiger partial charge in [-0.25, -0.2) is 9.50 Å². The van der Waals surface area contributed by atoms with Gasteiger partial charge in [0.1, 0.15) is 22.8 Å². The van der Waals surface area contributed by atoms with Crippen LogP contribution in [0.25, 0.3) is 27.4 Å². The normalized spacial score (nSPS) is 12.6. The van der Waals surface area contributed by atoms with Crippen molar-refractivity contribution in [2.75, 3.05) is 27.4 Å². The van der Waals surface area contributed by atoms with Gasteiger partial charge in [0.15, 0.2) is 5.76 Å². The van der Waals surface area contributed by atoms with E-state index in [0.717, 1.165) is 28.9 Å². The Morgan fingerprint density at radius 3 is 2.83 bits per heavy atom. The van der Waals surface area contributed by atoms with Crippen molar-refractivity contribution >= 4 is 27.3 Å². The molecule has 0 unspecified atom stereocenters. The van der Waals surface area contributed by atoms with Crippen LogP contribution >= 0.6 is 11.3 Å². The molecule has 154 valence electrons. The fourth-order valence-corrected chi connectivity index (χ4v) is 3.81. The highest BCUT2D eigenvalue weighted by molar-refractivity contribution is 7.18. The van der Waals surface area contributed by atoms with Crippen molar-refractivity contribution in [3.8, 4) is 28.1 Å². The number of ether oxygens (including phenoxy) is 3. The van der Waals surface area contributed by atoms with E-state index in [9.17, 15) is 0 Å². The zero-order chi connectivity index (χ0) is 20.4. The van der Waals surface area contributed by atoms with Gasteiger partial charge in [0, 0.05) is 12.1 Å². The first-order chi connectivity index (χ1) is 14.1. The number of rotatable bonds is 9. The zero-order valence-electron chi connectivity index (χ0n) is 16.7. The minimum Gasteiger partial charge on any atom is -0.496 e. The molecule has 4 rings (SSSR count). The molecule has 2 N–H and O–H groups in total. The number of furan rings is 1. The molecule has 0 radical (unpaired) electrons. The number of hydrogen-bond donors (Lipinski definition) is 1. The molecular formula is C20H24N4O4S. The summed E-state index contributed by atoms with van der Waals surface area (Å²) in [5.41, 5.74) is 6.99. The molecule has 8 nitrogen and oxygen atoms in total. The number of aromatic nitrogens is 3. The van der Waals surface area contributed by atoms with Crippen LogP contribution in [0.1, 0.15) is 19.8 Å². The molecule has 0 aliphatic rings. The fraction of sp³-hybridized carbons (Fsp3) is 0.400.